The molecule has 0 aliphatic carbocycles. The number of carbonyl (C=O) groups is 1. The van der Waals surface area contributed by atoms with Crippen LogP contribution >= 0.6 is 0 Å². The second-order valence-electron chi connectivity index (χ2n) is 5.81. The van der Waals surface area contributed by atoms with E-state index in [1.54, 1.807) is 0 Å². The molecule has 0 bridgehead atoms. The summed E-state index contributed by atoms with van der Waals surface area (Å²) in [5, 5.41) is 7.06. The van der Waals surface area contributed by atoms with Crippen molar-refractivity contribution >= 4 is 17.0 Å². The van der Waals surface area contributed by atoms with Crippen LogP contribution < -0.4 is 10.6 Å². The molecule has 118 valence electrons. The van der Waals surface area contributed by atoms with Crippen molar-refractivity contribution in [1.82, 2.24) is 10.6 Å². The molecule has 5 nitrogen and oxygen atoms in total. The van der Waals surface area contributed by atoms with Gasteiger partial charge in [0, 0.05) is 30.2 Å². The van der Waals surface area contributed by atoms with E-state index >= 15 is 0 Å². The highest BCUT2D eigenvalue weighted by atomic mass is 16.5. The van der Waals surface area contributed by atoms with Crippen LogP contribution in [0.2, 0.25) is 0 Å². The SMILES string of the molecule is Cc1c([C@@H](C)NC(=O)NC2CCOCC2)oc2ccccc12. The number of nitrogens with one attached hydrogen (secondary N) is 2. The molecule has 5 heteroatoms. The molecule has 1 fully saturated rings. The molecule has 1 aliphatic rings. The van der Waals surface area contributed by atoms with E-state index in [1.165, 1.54) is 0 Å². The third-order valence-electron chi connectivity index (χ3n) is 4.18. The van der Waals surface area contributed by atoms with E-state index in [4.69, 9.17) is 9.15 Å². The minimum atomic E-state index is -0.174. The lowest BCUT2D eigenvalue weighted by molar-refractivity contribution is 0.0799. The maximum Gasteiger partial charge on any atom is 0.315 e. The summed E-state index contributed by atoms with van der Waals surface area (Å²) in [6.45, 7) is 5.39. The highest BCUT2D eigenvalue weighted by Gasteiger charge is 2.20. The van der Waals surface area contributed by atoms with Gasteiger partial charge < -0.3 is 19.8 Å². The topological polar surface area (TPSA) is 63.5 Å². The van der Waals surface area contributed by atoms with Crippen LogP contribution in [0.15, 0.2) is 28.7 Å². The summed E-state index contributed by atoms with van der Waals surface area (Å²) in [7, 11) is 0. The Hall–Kier alpha value is -2.01. The van der Waals surface area contributed by atoms with Crippen molar-refractivity contribution in [3.63, 3.8) is 0 Å². The normalized spacial score (nSPS) is 17.4. The summed E-state index contributed by atoms with van der Waals surface area (Å²) in [6.07, 6.45) is 1.73. The molecule has 1 aliphatic heterocycles. The summed E-state index contributed by atoms with van der Waals surface area (Å²) in [5.41, 5.74) is 1.93. The Morgan fingerprint density at radius 3 is 2.73 bits per heavy atom. The van der Waals surface area contributed by atoms with Gasteiger partial charge in [-0.1, -0.05) is 18.2 Å². The van der Waals surface area contributed by atoms with Gasteiger partial charge in [0.2, 0.25) is 0 Å². The molecular weight excluding hydrogens is 280 g/mol. The molecule has 0 saturated carbocycles. The smallest absolute Gasteiger partial charge is 0.315 e. The van der Waals surface area contributed by atoms with Crippen molar-refractivity contribution in [3.05, 3.63) is 35.6 Å². The second kappa shape index (κ2) is 6.40. The van der Waals surface area contributed by atoms with Crippen LogP contribution in [0.1, 0.15) is 37.1 Å². The number of carbonyl (C=O) groups excluding carboxylic acids is 1. The van der Waals surface area contributed by atoms with E-state index in [9.17, 15) is 4.79 Å². The summed E-state index contributed by atoms with van der Waals surface area (Å²) >= 11 is 0. The molecular formula is C17H22N2O3. The quantitative estimate of drug-likeness (QED) is 0.914. The number of ether oxygens (including phenoxy) is 1. The molecule has 3 rings (SSSR count). The molecule has 22 heavy (non-hydrogen) atoms. The first kappa shape index (κ1) is 14.9. The van der Waals surface area contributed by atoms with E-state index in [1.807, 2.05) is 38.1 Å². The molecule has 1 saturated heterocycles. The van der Waals surface area contributed by atoms with Gasteiger partial charge in [0.1, 0.15) is 11.3 Å². The molecule has 0 radical (unpaired) electrons. The first-order valence-electron chi connectivity index (χ1n) is 7.78. The van der Waals surface area contributed by atoms with Crippen LogP contribution in [0.3, 0.4) is 0 Å². The molecule has 2 aromatic rings. The zero-order valence-corrected chi connectivity index (χ0v) is 13.0. The van der Waals surface area contributed by atoms with Crippen molar-refractivity contribution in [2.24, 2.45) is 0 Å². The minimum absolute atomic E-state index is 0.153. The Kier molecular flexibility index (Phi) is 4.34. The first-order valence-corrected chi connectivity index (χ1v) is 7.78. The Balaban J connectivity index is 1.66. The number of para-hydroxylation sites is 1. The summed E-state index contributed by atoms with van der Waals surface area (Å²) in [6, 6.07) is 7.78. The number of benzene rings is 1. The lowest BCUT2D eigenvalue weighted by Crippen LogP contribution is -2.45. The molecule has 2 amide bonds. The van der Waals surface area contributed by atoms with Crippen LogP contribution in [-0.4, -0.2) is 25.3 Å². The fourth-order valence-corrected chi connectivity index (χ4v) is 2.94. The van der Waals surface area contributed by atoms with E-state index in [0.717, 1.165) is 35.1 Å². The van der Waals surface area contributed by atoms with Gasteiger partial charge in [0.05, 0.1) is 6.04 Å². The predicted octanol–water partition coefficient (Wildman–Crippen LogP) is 3.28. The highest BCUT2D eigenvalue weighted by Crippen LogP contribution is 2.29. The molecule has 2 N–H and O–H groups in total. The number of hydrogen-bond acceptors (Lipinski definition) is 3. The third-order valence-corrected chi connectivity index (χ3v) is 4.18. The maximum absolute atomic E-state index is 12.1. The van der Waals surface area contributed by atoms with E-state index in [2.05, 4.69) is 10.6 Å². The number of urea groups is 1. The maximum atomic E-state index is 12.1. The standard InChI is InChI=1S/C17H22N2O3/c1-11-14-5-3-4-6-15(14)22-16(11)12(2)18-17(20)19-13-7-9-21-10-8-13/h3-6,12-13H,7-10H2,1-2H3,(H2,18,19,20)/t12-/m1/s1. The fraction of sp³-hybridized carbons (Fsp3) is 0.471. The minimum Gasteiger partial charge on any atom is -0.459 e. The first-order chi connectivity index (χ1) is 10.6. The van der Waals surface area contributed by atoms with Crippen LogP contribution in [0.5, 0.6) is 0 Å². The van der Waals surface area contributed by atoms with Crippen LogP contribution in [0, 0.1) is 6.92 Å². The van der Waals surface area contributed by atoms with Gasteiger partial charge in [-0.2, -0.15) is 0 Å². The zero-order chi connectivity index (χ0) is 15.5. The van der Waals surface area contributed by atoms with Crippen molar-refractivity contribution in [1.29, 1.82) is 0 Å². The van der Waals surface area contributed by atoms with Gasteiger partial charge in [-0.05, 0) is 32.8 Å². The third kappa shape index (κ3) is 3.09. The second-order valence-corrected chi connectivity index (χ2v) is 5.81. The van der Waals surface area contributed by atoms with Gasteiger partial charge >= 0.3 is 6.03 Å². The van der Waals surface area contributed by atoms with Gasteiger partial charge in [-0.15, -0.1) is 0 Å². The summed E-state index contributed by atoms with van der Waals surface area (Å²) in [5.74, 6) is 0.809. The highest BCUT2D eigenvalue weighted by molar-refractivity contribution is 5.82. The summed E-state index contributed by atoms with van der Waals surface area (Å²) in [4.78, 5) is 12.1. The van der Waals surface area contributed by atoms with Crippen molar-refractivity contribution < 1.29 is 13.9 Å². The zero-order valence-electron chi connectivity index (χ0n) is 13.0. The van der Waals surface area contributed by atoms with Gasteiger partial charge in [-0.25, -0.2) is 4.79 Å². The van der Waals surface area contributed by atoms with Gasteiger partial charge in [-0.3, -0.25) is 0 Å². The summed E-state index contributed by atoms with van der Waals surface area (Å²) < 4.78 is 11.2. The Labute approximate surface area is 130 Å². The van der Waals surface area contributed by atoms with E-state index < -0.39 is 0 Å². The largest absolute Gasteiger partial charge is 0.459 e. The van der Waals surface area contributed by atoms with E-state index in [0.29, 0.717) is 13.2 Å². The van der Waals surface area contributed by atoms with Gasteiger partial charge in [0.15, 0.2) is 0 Å². The lowest BCUT2D eigenvalue weighted by Gasteiger charge is -2.24. The van der Waals surface area contributed by atoms with Crippen LogP contribution in [0.4, 0.5) is 4.79 Å². The number of fused-ring (bicyclic) bond motifs is 1. The van der Waals surface area contributed by atoms with Crippen LogP contribution in [-0.2, 0) is 4.74 Å². The average Bonchev–Trinajstić information content (AvgIpc) is 2.86. The van der Waals surface area contributed by atoms with Crippen molar-refractivity contribution in [2.45, 2.75) is 38.8 Å². The van der Waals surface area contributed by atoms with Crippen molar-refractivity contribution in [2.75, 3.05) is 13.2 Å². The molecule has 0 unspecified atom stereocenters. The number of hydrogen-bond donors (Lipinski definition) is 2. The van der Waals surface area contributed by atoms with Gasteiger partial charge in [0.25, 0.3) is 0 Å². The molecule has 1 aromatic carbocycles. The molecule has 2 heterocycles. The fourth-order valence-electron chi connectivity index (χ4n) is 2.94. The van der Waals surface area contributed by atoms with Crippen LogP contribution in [0.25, 0.3) is 11.0 Å². The Morgan fingerprint density at radius 1 is 1.27 bits per heavy atom. The number of amides is 2. The Morgan fingerprint density at radius 2 is 2.00 bits per heavy atom. The molecule has 1 aromatic heterocycles. The number of aryl methyl sites for hydroxylation is 1. The molecule has 1 atom stereocenters. The number of rotatable bonds is 3. The van der Waals surface area contributed by atoms with Crippen molar-refractivity contribution in [3.8, 4) is 0 Å². The number of furan rings is 1. The predicted molar refractivity (Wildman–Crippen MR) is 84.9 cm³/mol. The average molecular weight is 302 g/mol. The van der Waals surface area contributed by atoms with E-state index in [-0.39, 0.29) is 18.1 Å². The molecule has 0 spiro atoms. The lowest BCUT2D eigenvalue weighted by atomic mass is 10.1. The Bertz CT molecular complexity index is 659. The monoisotopic (exact) mass is 302 g/mol.